The summed E-state index contributed by atoms with van der Waals surface area (Å²) >= 11 is 0. The van der Waals surface area contributed by atoms with E-state index in [9.17, 15) is 14.9 Å². The van der Waals surface area contributed by atoms with E-state index < -0.39 is 4.92 Å². The highest BCUT2D eigenvalue weighted by Gasteiger charge is 2.34. The Labute approximate surface area is 129 Å². The number of nitro benzene ring substituents is 1. The maximum absolute atomic E-state index is 12.1. The Kier molecular flexibility index (Phi) is 4.77. The number of rotatable bonds is 4. The second kappa shape index (κ2) is 6.41. The summed E-state index contributed by atoms with van der Waals surface area (Å²) < 4.78 is 0. The van der Waals surface area contributed by atoms with Crippen LogP contribution >= 0.6 is 0 Å². The molecule has 1 aliphatic rings. The van der Waals surface area contributed by atoms with Gasteiger partial charge in [-0.3, -0.25) is 19.8 Å². The van der Waals surface area contributed by atoms with Gasteiger partial charge in [-0.25, -0.2) is 0 Å². The summed E-state index contributed by atoms with van der Waals surface area (Å²) in [5.74, 6) is -0.249. The maximum Gasteiger partial charge on any atom is 0.292 e. The van der Waals surface area contributed by atoms with Crippen molar-refractivity contribution in [1.29, 1.82) is 0 Å². The van der Waals surface area contributed by atoms with Gasteiger partial charge in [-0.2, -0.15) is 0 Å². The number of carbonyl (C=O) groups is 1. The van der Waals surface area contributed by atoms with Gasteiger partial charge in [0.05, 0.1) is 11.5 Å². The van der Waals surface area contributed by atoms with Gasteiger partial charge in [-0.1, -0.05) is 26.0 Å². The van der Waals surface area contributed by atoms with Crippen molar-refractivity contribution in [3.05, 3.63) is 34.4 Å². The number of piperidine rings is 1. The zero-order valence-electron chi connectivity index (χ0n) is 12.9. The molecule has 0 radical (unpaired) electrons. The van der Waals surface area contributed by atoms with Crippen molar-refractivity contribution in [2.24, 2.45) is 11.1 Å². The smallest absolute Gasteiger partial charge is 0.292 e. The van der Waals surface area contributed by atoms with Crippen molar-refractivity contribution >= 4 is 17.3 Å². The molecule has 2 rings (SSSR count). The molecule has 0 saturated carbocycles. The molecule has 1 saturated heterocycles. The van der Waals surface area contributed by atoms with Crippen LogP contribution in [-0.2, 0) is 4.79 Å². The molecule has 1 fully saturated rings. The van der Waals surface area contributed by atoms with E-state index in [4.69, 9.17) is 5.73 Å². The molecule has 1 atom stereocenters. The first-order valence-electron chi connectivity index (χ1n) is 7.31. The van der Waals surface area contributed by atoms with Crippen LogP contribution in [0.3, 0.4) is 0 Å². The second-order valence-corrected chi connectivity index (χ2v) is 6.42. The van der Waals surface area contributed by atoms with Crippen molar-refractivity contribution in [3.8, 4) is 0 Å². The molecule has 3 N–H and O–H groups in total. The molecule has 1 heterocycles. The highest BCUT2D eigenvalue weighted by molar-refractivity contribution is 5.94. The Balaban J connectivity index is 1.98. The molecule has 1 aromatic carbocycles. The third-order valence-corrected chi connectivity index (χ3v) is 4.13. The van der Waals surface area contributed by atoms with Crippen LogP contribution < -0.4 is 11.1 Å². The third kappa shape index (κ3) is 3.80. The quantitative estimate of drug-likeness (QED) is 0.650. The SMILES string of the molecule is CC1(C)CN(CC(=O)Nc2ccccc2[N+](=O)[O-])CCC1N. The van der Waals surface area contributed by atoms with Gasteiger partial charge < -0.3 is 11.1 Å². The van der Waals surface area contributed by atoms with Crippen LogP contribution in [0.25, 0.3) is 0 Å². The largest absolute Gasteiger partial charge is 0.327 e. The number of anilines is 1. The normalized spacial score (nSPS) is 21.3. The molecule has 1 unspecified atom stereocenters. The van der Waals surface area contributed by atoms with Crippen molar-refractivity contribution < 1.29 is 9.72 Å². The average molecular weight is 306 g/mol. The maximum atomic E-state index is 12.1. The molecule has 120 valence electrons. The minimum atomic E-state index is -0.501. The van der Waals surface area contributed by atoms with Crippen molar-refractivity contribution in [3.63, 3.8) is 0 Å². The molecule has 0 spiro atoms. The molecule has 0 aromatic heterocycles. The van der Waals surface area contributed by atoms with Crippen LogP contribution in [-0.4, -0.2) is 41.4 Å². The molecule has 0 aliphatic carbocycles. The van der Waals surface area contributed by atoms with Crippen LogP contribution in [0.2, 0.25) is 0 Å². The first-order valence-corrected chi connectivity index (χ1v) is 7.31. The zero-order chi connectivity index (χ0) is 16.3. The van der Waals surface area contributed by atoms with Crippen molar-refractivity contribution in [2.45, 2.75) is 26.3 Å². The molecule has 7 nitrogen and oxygen atoms in total. The van der Waals surface area contributed by atoms with Crippen LogP contribution in [0, 0.1) is 15.5 Å². The number of hydrogen-bond donors (Lipinski definition) is 2. The number of nitro groups is 1. The van der Waals surface area contributed by atoms with Crippen LogP contribution in [0.4, 0.5) is 11.4 Å². The molecule has 1 aliphatic heterocycles. The fraction of sp³-hybridized carbons (Fsp3) is 0.533. The monoisotopic (exact) mass is 306 g/mol. The topological polar surface area (TPSA) is 102 Å². The first kappa shape index (κ1) is 16.4. The lowest BCUT2D eigenvalue weighted by molar-refractivity contribution is -0.383. The van der Waals surface area contributed by atoms with Gasteiger partial charge in [-0.15, -0.1) is 0 Å². The highest BCUT2D eigenvalue weighted by atomic mass is 16.6. The number of likely N-dealkylation sites (tertiary alicyclic amines) is 1. The molecule has 0 bridgehead atoms. The van der Waals surface area contributed by atoms with E-state index in [1.165, 1.54) is 12.1 Å². The molecule has 1 aromatic rings. The summed E-state index contributed by atoms with van der Waals surface area (Å²) in [4.78, 5) is 24.6. The number of nitrogens with one attached hydrogen (secondary N) is 1. The van der Waals surface area contributed by atoms with Gasteiger partial charge in [0.1, 0.15) is 5.69 Å². The van der Waals surface area contributed by atoms with Gasteiger partial charge >= 0.3 is 0 Å². The third-order valence-electron chi connectivity index (χ3n) is 4.13. The number of carbonyl (C=O) groups excluding carboxylic acids is 1. The van der Waals surface area contributed by atoms with Gasteiger partial charge in [0, 0.05) is 25.2 Å². The number of para-hydroxylation sites is 2. The summed E-state index contributed by atoms with van der Waals surface area (Å²) in [5.41, 5.74) is 6.16. The van der Waals surface area contributed by atoms with Gasteiger partial charge in [-0.05, 0) is 17.9 Å². The van der Waals surface area contributed by atoms with Crippen molar-refractivity contribution in [1.82, 2.24) is 4.90 Å². The summed E-state index contributed by atoms with van der Waals surface area (Å²) in [6.45, 7) is 5.88. The van der Waals surface area contributed by atoms with E-state index in [0.29, 0.717) is 0 Å². The predicted octanol–water partition coefficient (Wildman–Crippen LogP) is 1.59. The van der Waals surface area contributed by atoms with Gasteiger partial charge in [0.2, 0.25) is 5.91 Å². The van der Waals surface area contributed by atoms with Gasteiger partial charge in [0.25, 0.3) is 5.69 Å². The van der Waals surface area contributed by atoms with Crippen LogP contribution in [0.15, 0.2) is 24.3 Å². The summed E-state index contributed by atoms with van der Waals surface area (Å²) in [6, 6.07) is 6.26. The fourth-order valence-corrected chi connectivity index (χ4v) is 2.75. The minimum Gasteiger partial charge on any atom is -0.327 e. The molecular formula is C15H22N4O3. The Hall–Kier alpha value is -1.99. The Bertz CT molecular complexity index is 574. The number of nitrogens with two attached hydrogens (primary N) is 1. The Morgan fingerprint density at radius 3 is 2.82 bits per heavy atom. The summed E-state index contributed by atoms with van der Waals surface area (Å²) in [5, 5.41) is 13.6. The number of hydrogen-bond acceptors (Lipinski definition) is 5. The minimum absolute atomic E-state index is 0.0444. The number of nitrogens with zero attached hydrogens (tertiary/aromatic N) is 2. The van der Waals surface area contributed by atoms with Crippen LogP contribution in [0.5, 0.6) is 0 Å². The lowest BCUT2D eigenvalue weighted by Gasteiger charge is -2.42. The van der Waals surface area contributed by atoms with E-state index in [0.717, 1.165) is 19.5 Å². The lowest BCUT2D eigenvalue weighted by Crippen LogP contribution is -2.53. The van der Waals surface area contributed by atoms with Crippen molar-refractivity contribution in [2.75, 3.05) is 25.0 Å². The molecule has 1 amide bonds. The molecule has 22 heavy (non-hydrogen) atoms. The number of amides is 1. The Morgan fingerprint density at radius 1 is 1.50 bits per heavy atom. The second-order valence-electron chi connectivity index (χ2n) is 6.42. The van der Waals surface area contributed by atoms with Crippen LogP contribution in [0.1, 0.15) is 20.3 Å². The van der Waals surface area contributed by atoms with E-state index in [1.807, 2.05) is 4.90 Å². The fourth-order valence-electron chi connectivity index (χ4n) is 2.75. The summed E-state index contributed by atoms with van der Waals surface area (Å²) in [6.07, 6.45) is 0.839. The van der Waals surface area contributed by atoms with E-state index in [-0.39, 0.29) is 35.3 Å². The lowest BCUT2D eigenvalue weighted by atomic mass is 9.80. The van der Waals surface area contributed by atoms with E-state index in [2.05, 4.69) is 19.2 Å². The molecular weight excluding hydrogens is 284 g/mol. The highest BCUT2D eigenvalue weighted by Crippen LogP contribution is 2.28. The Morgan fingerprint density at radius 2 is 2.18 bits per heavy atom. The first-order chi connectivity index (χ1) is 10.3. The van der Waals surface area contributed by atoms with Gasteiger partial charge in [0.15, 0.2) is 0 Å². The zero-order valence-corrected chi connectivity index (χ0v) is 12.9. The van der Waals surface area contributed by atoms with E-state index >= 15 is 0 Å². The standard InChI is InChI=1S/C15H22N4O3/c1-15(2)10-18(8-7-13(15)16)9-14(20)17-11-5-3-4-6-12(11)19(21)22/h3-6,13H,7-10,16H2,1-2H3,(H,17,20). The average Bonchev–Trinajstić information content (AvgIpc) is 2.43. The number of benzene rings is 1. The molecule has 7 heteroatoms. The summed E-state index contributed by atoms with van der Waals surface area (Å²) in [7, 11) is 0. The van der Waals surface area contributed by atoms with E-state index in [1.54, 1.807) is 12.1 Å². The predicted molar refractivity (Wildman–Crippen MR) is 84.5 cm³/mol.